The Morgan fingerprint density at radius 3 is 2.44 bits per heavy atom. The molecule has 9 heavy (non-hydrogen) atoms. The van der Waals surface area contributed by atoms with Crippen LogP contribution in [0.5, 0.6) is 0 Å². The van der Waals surface area contributed by atoms with E-state index in [0.29, 0.717) is 0 Å². The van der Waals surface area contributed by atoms with Gasteiger partial charge < -0.3 is 0 Å². The molecule has 0 aromatic heterocycles. The molecule has 0 aromatic rings. The molecule has 1 aliphatic rings. The molecular weight excluding hydrogens is 115 g/mol. The Bertz CT molecular complexity index is 84.6. The van der Waals surface area contributed by atoms with E-state index in [0.717, 1.165) is 38.5 Å². The summed E-state index contributed by atoms with van der Waals surface area (Å²) in [6.07, 6.45) is 5.77. The highest BCUT2D eigenvalue weighted by atomic mass is 19.1. The molecule has 0 nitrogen and oxygen atoms in total. The number of alkyl halides is 1. The van der Waals surface area contributed by atoms with E-state index in [2.05, 4.69) is 6.92 Å². The molecule has 0 bridgehead atoms. The molecule has 1 heteroatoms. The zero-order valence-electron chi connectivity index (χ0n) is 6.12. The van der Waals surface area contributed by atoms with Crippen LogP contribution >= 0.6 is 0 Å². The average Bonchev–Trinajstić information content (AvgIpc) is 1.79. The molecular formula is C8H15F. The zero-order valence-corrected chi connectivity index (χ0v) is 6.12. The minimum absolute atomic E-state index is 0.726. The highest BCUT2D eigenvalue weighted by Gasteiger charge is 2.35. The van der Waals surface area contributed by atoms with Crippen LogP contribution < -0.4 is 0 Å². The minimum Gasteiger partial charge on any atom is -0.244 e. The summed E-state index contributed by atoms with van der Waals surface area (Å²) in [6, 6.07) is 0. The summed E-state index contributed by atoms with van der Waals surface area (Å²) in [5.41, 5.74) is -0.726. The summed E-state index contributed by atoms with van der Waals surface area (Å²) < 4.78 is 13.1. The summed E-state index contributed by atoms with van der Waals surface area (Å²) in [4.78, 5) is 0. The van der Waals surface area contributed by atoms with Crippen LogP contribution in [0.4, 0.5) is 4.39 Å². The summed E-state index contributed by atoms with van der Waals surface area (Å²) in [5, 5.41) is 0. The Balaban J connectivity index is 2.09. The van der Waals surface area contributed by atoms with Crippen molar-refractivity contribution in [1.82, 2.24) is 0 Å². The predicted molar refractivity (Wildman–Crippen MR) is 37.2 cm³/mol. The summed E-state index contributed by atoms with van der Waals surface area (Å²) >= 11 is 0. The lowest BCUT2D eigenvalue weighted by atomic mass is 9.78. The van der Waals surface area contributed by atoms with E-state index in [4.69, 9.17) is 0 Å². The summed E-state index contributed by atoms with van der Waals surface area (Å²) in [6.45, 7) is 2.11. The van der Waals surface area contributed by atoms with E-state index in [-0.39, 0.29) is 0 Å². The molecule has 0 saturated heterocycles. The van der Waals surface area contributed by atoms with Crippen LogP contribution in [0.3, 0.4) is 0 Å². The van der Waals surface area contributed by atoms with E-state index >= 15 is 0 Å². The molecule has 0 atom stereocenters. The first-order valence-electron chi connectivity index (χ1n) is 3.96. The largest absolute Gasteiger partial charge is 0.244 e. The maximum absolute atomic E-state index is 13.1. The number of hydrogen-bond donors (Lipinski definition) is 0. The Labute approximate surface area is 56.5 Å². The molecule has 0 N–H and O–H groups in total. The Morgan fingerprint density at radius 1 is 1.44 bits per heavy atom. The van der Waals surface area contributed by atoms with Crippen LogP contribution in [-0.2, 0) is 0 Å². The Kier molecular flexibility index (Phi) is 2.09. The Morgan fingerprint density at radius 2 is 2.11 bits per heavy atom. The topological polar surface area (TPSA) is 0 Å². The van der Waals surface area contributed by atoms with Gasteiger partial charge in [0, 0.05) is 0 Å². The lowest BCUT2D eigenvalue weighted by Crippen LogP contribution is -2.31. The van der Waals surface area contributed by atoms with Crippen molar-refractivity contribution in [2.75, 3.05) is 0 Å². The molecule has 0 spiro atoms. The van der Waals surface area contributed by atoms with Gasteiger partial charge in [-0.1, -0.05) is 19.8 Å². The maximum Gasteiger partial charge on any atom is 0.111 e. The van der Waals surface area contributed by atoms with Gasteiger partial charge in [-0.15, -0.1) is 0 Å². The van der Waals surface area contributed by atoms with Gasteiger partial charge in [0.25, 0.3) is 0 Å². The van der Waals surface area contributed by atoms with E-state index in [9.17, 15) is 4.39 Å². The highest BCUT2D eigenvalue weighted by molar-refractivity contribution is 4.87. The lowest BCUT2D eigenvalue weighted by Gasteiger charge is -2.33. The van der Waals surface area contributed by atoms with Crippen molar-refractivity contribution in [2.24, 2.45) is 0 Å². The average molecular weight is 130 g/mol. The molecule has 0 unspecified atom stereocenters. The molecule has 54 valence electrons. The van der Waals surface area contributed by atoms with Gasteiger partial charge in [-0.3, -0.25) is 0 Å². The van der Waals surface area contributed by atoms with Crippen molar-refractivity contribution < 1.29 is 4.39 Å². The SMILES string of the molecule is CCCCC1(F)CCC1. The third kappa shape index (κ3) is 1.67. The fourth-order valence-electron chi connectivity index (χ4n) is 1.30. The van der Waals surface area contributed by atoms with Gasteiger partial charge in [-0.25, -0.2) is 4.39 Å². The van der Waals surface area contributed by atoms with Gasteiger partial charge in [-0.05, 0) is 25.7 Å². The smallest absolute Gasteiger partial charge is 0.111 e. The fourth-order valence-corrected chi connectivity index (χ4v) is 1.30. The first-order valence-corrected chi connectivity index (χ1v) is 3.96. The number of halogens is 1. The number of rotatable bonds is 3. The second-order valence-electron chi connectivity index (χ2n) is 3.11. The van der Waals surface area contributed by atoms with E-state index in [1.165, 1.54) is 0 Å². The third-order valence-corrected chi connectivity index (χ3v) is 2.23. The standard InChI is InChI=1S/C8H15F/c1-2-3-5-8(9)6-4-7-8/h2-7H2,1H3. The minimum atomic E-state index is -0.726. The fraction of sp³-hybridized carbons (Fsp3) is 1.00. The van der Waals surface area contributed by atoms with Crippen molar-refractivity contribution in [3.63, 3.8) is 0 Å². The van der Waals surface area contributed by atoms with E-state index in [1.54, 1.807) is 0 Å². The lowest BCUT2D eigenvalue weighted by molar-refractivity contribution is 0.0515. The van der Waals surface area contributed by atoms with Crippen LogP contribution in [0.25, 0.3) is 0 Å². The molecule has 0 amide bonds. The van der Waals surface area contributed by atoms with Gasteiger partial charge >= 0.3 is 0 Å². The first-order chi connectivity index (χ1) is 4.27. The molecule has 1 aliphatic carbocycles. The quantitative estimate of drug-likeness (QED) is 0.550. The summed E-state index contributed by atoms with van der Waals surface area (Å²) in [5.74, 6) is 0. The molecule has 0 aromatic carbocycles. The van der Waals surface area contributed by atoms with Crippen molar-refractivity contribution >= 4 is 0 Å². The normalized spacial score (nSPS) is 23.3. The predicted octanol–water partition coefficient (Wildman–Crippen LogP) is 3.07. The molecule has 1 rings (SSSR count). The molecule has 0 heterocycles. The Hall–Kier alpha value is -0.0700. The van der Waals surface area contributed by atoms with Crippen molar-refractivity contribution in [3.8, 4) is 0 Å². The molecule has 1 saturated carbocycles. The van der Waals surface area contributed by atoms with Crippen molar-refractivity contribution in [2.45, 2.75) is 51.1 Å². The zero-order chi connectivity index (χ0) is 6.74. The highest BCUT2D eigenvalue weighted by Crippen LogP contribution is 2.39. The van der Waals surface area contributed by atoms with Gasteiger partial charge in [-0.2, -0.15) is 0 Å². The first kappa shape index (κ1) is 7.04. The van der Waals surface area contributed by atoms with Gasteiger partial charge in [0.05, 0.1) is 0 Å². The van der Waals surface area contributed by atoms with Crippen LogP contribution in [-0.4, -0.2) is 5.67 Å². The maximum atomic E-state index is 13.1. The summed E-state index contributed by atoms with van der Waals surface area (Å²) in [7, 11) is 0. The van der Waals surface area contributed by atoms with Crippen LogP contribution in [0.1, 0.15) is 45.4 Å². The van der Waals surface area contributed by atoms with Crippen LogP contribution in [0.15, 0.2) is 0 Å². The number of unbranched alkanes of at least 4 members (excludes halogenated alkanes) is 1. The second-order valence-corrected chi connectivity index (χ2v) is 3.11. The van der Waals surface area contributed by atoms with Gasteiger partial charge in [0.15, 0.2) is 0 Å². The monoisotopic (exact) mass is 130 g/mol. The van der Waals surface area contributed by atoms with E-state index in [1.807, 2.05) is 0 Å². The van der Waals surface area contributed by atoms with Gasteiger partial charge in [0.2, 0.25) is 0 Å². The van der Waals surface area contributed by atoms with E-state index < -0.39 is 5.67 Å². The van der Waals surface area contributed by atoms with Gasteiger partial charge in [0.1, 0.15) is 5.67 Å². The van der Waals surface area contributed by atoms with Crippen molar-refractivity contribution in [1.29, 1.82) is 0 Å². The molecule has 1 fully saturated rings. The van der Waals surface area contributed by atoms with Crippen LogP contribution in [0.2, 0.25) is 0 Å². The number of hydrogen-bond acceptors (Lipinski definition) is 0. The second kappa shape index (κ2) is 2.68. The molecule has 0 aliphatic heterocycles. The third-order valence-electron chi connectivity index (χ3n) is 2.23. The van der Waals surface area contributed by atoms with Crippen molar-refractivity contribution in [3.05, 3.63) is 0 Å². The molecule has 0 radical (unpaired) electrons. The van der Waals surface area contributed by atoms with Crippen LogP contribution in [0, 0.1) is 0 Å².